The van der Waals surface area contributed by atoms with E-state index in [2.05, 4.69) is 15.2 Å². The quantitative estimate of drug-likeness (QED) is 0.376. The third-order valence-electron chi connectivity index (χ3n) is 5.41. The van der Waals surface area contributed by atoms with Crippen LogP contribution < -0.4 is 5.32 Å². The first-order valence-corrected chi connectivity index (χ1v) is 10.6. The molecule has 1 aliphatic heterocycles. The molecular weight excluding hydrogens is 465 g/mol. The van der Waals surface area contributed by atoms with Crippen LogP contribution >= 0.6 is 24.0 Å². The number of nitrogens with zero attached hydrogens (tertiary/aromatic N) is 2. The molecule has 1 saturated carbocycles. The van der Waals surface area contributed by atoms with Crippen molar-refractivity contribution in [1.29, 1.82) is 0 Å². The fraction of sp³-hybridized carbons (Fsp3) is 0.611. The minimum absolute atomic E-state index is 0. The standard InChI is InChI=1S/C18H27N3O3S.HI/c1-19-17(20-13-15-6-5-7-16(22)12-15)21-10-11-25(23,24)18(14-21)8-3-2-4-9-18;/h5-7,12,22H,2-4,8-11,13-14H2,1H3,(H,19,20);1H. The molecule has 26 heavy (non-hydrogen) atoms. The molecule has 0 amide bonds. The van der Waals surface area contributed by atoms with Crippen molar-refractivity contribution in [2.75, 3.05) is 25.9 Å². The molecule has 0 unspecified atom stereocenters. The lowest BCUT2D eigenvalue weighted by molar-refractivity contribution is 0.274. The molecule has 0 radical (unpaired) electrons. The van der Waals surface area contributed by atoms with Crippen LogP contribution in [0.3, 0.4) is 0 Å². The van der Waals surface area contributed by atoms with Crippen molar-refractivity contribution in [2.24, 2.45) is 4.99 Å². The van der Waals surface area contributed by atoms with Crippen LogP contribution in [-0.2, 0) is 16.4 Å². The summed E-state index contributed by atoms with van der Waals surface area (Å²) in [6.45, 7) is 1.54. The van der Waals surface area contributed by atoms with E-state index in [4.69, 9.17) is 0 Å². The average molecular weight is 493 g/mol. The number of aliphatic imine (C=N–C) groups is 1. The Morgan fingerprint density at radius 3 is 2.69 bits per heavy atom. The van der Waals surface area contributed by atoms with E-state index in [0.717, 1.165) is 43.6 Å². The predicted octanol–water partition coefficient (Wildman–Crippen LogP) is 2.52. The number of phenolic OH excluding ortho intramolecular Hbond substituents is 1. The van der Waals surface area contributed by atoms with Crippen molar-refractivity contribution < 1.29 is 13.5 Å². The molecule has 2 aliphatic rings. The molecule has 2 fully saturated rings. The molecule has 1 spiro atoms. The van der Waals surface area contributed by atoms with Gasteiger partial charge in [0.15, 0.2) is 15.8 Å². The number of sulfone groups is 1. The summed E-state index contributed by atoms with van der Waals surface area (Å²) >= 11 is 0. The highest BCUT2D eigenvalue weighted by Gasteiger charge is 2.48. The maximum atomic E-state index is 12.7. The Balaban J connectivity index is 0.00000243. The Hall–Kier alpha value is -1.03. The van der Waals surface area contributed by atoms with Gasteiger partial charge in [0.1, 0.15) is 5.75 Å². The first kappa shape index (κ1) is 21.3. The van der Waals surface area contributed by atoms with Gasteiger partial charge in [-0.15, -0.1) is 24.0 Å². The number of nitrogens with one attached hydrogen (secondary N) is 1. The van der Waals surface area contributed by atoms with Crippen molar-refractivity contribution in [3.8, 4) is 5.75 Å². The summed E-state index contributed by atoms with van der Waals surface area (Å²) in [4.78, 5) is 6.43. The highest BCUT2D eigenvalue weighted by Crippen LogP contribution is 2.38. The molecule has 1 aromatic carbocycles. The normalized spacial score (nSPS) is 21.9. The van der Waals surface area contributed by atoms with Gasteiger partial charge in [-0.05, 0) is 30.5 Å². The highest BCUT2D eigenvalue weighted by molar-refractivity contribution is 14.0. The molecule has 3 rings (SSSR count). The fourth-order valence-corrected chi connectivity index (χ4v) is 6.15. The van der Waals surface area contributed by atoms with E-state index in [1.165, 1.54) is 0 Å². The minimum Gasteiger partial charge on any atom is -0.508 e. The lowest BCUT2D eigenvalue weighted by Crippen LogP contribution is -2.60. The molecule has 0 atom stereocenters. The van der Waals surface area contributed by atoms with Crippen LogP contribution in [0, 0.1) is 0 Å². The molecule has 146 valence electrons. The summed E-state index contributed by atoms with van der Waals surface area (Å²) in [6, 6.07) is 7.09. The van der Waals surface area contributed by atoms with Crippen LogP contribution in [0.25, 0.3) is 0 Å². The van der Waals surface area contributed by atoms with E-state index >= 15 is 0 Å². The van der Waals surface area contributed by atoms with E-state index < -0.39 is 14.6 Å². The Morgan fingerprint density at radius 1 is 1.31 bits per heavy atom. The van der Waals surface area contributed by atoms with Gasteiger partial charge in [0.2, 0.25) is 0 Å². The summed E-state index contributed by atoms with van der Waals surface area (Å²) in [5, 5.41) is 12.9. The van der Waals surface area contributed by atoms with E-state index in [9.17, 15) is 13.5 Å². The molecule has 1 heterocycles. The maximum absolute atomic E-state index is 12.7. The van der Waals surface area contributed by atoms with Gasteiger partial charge in [-0.25, -0.2) is 8.42 Å². The second-order valence-electron chi connectivity index (χ2n) is 7.05. The van der Waals surface area contributed by atoms with Crippen LogP contribution in [0.1, 0.15) is 37.7 Å². The Labute approximate surface area is 173 Å². The second kappa shape index (κ2) is 8.77. The Morgan fingerprint density at radius 2 is 2.04 bits per heavy atom. The highest BCUT2D eigenvalue weighted by atomic mass is 127. The van der Waals surface area contributed by atoms with Gasteiger partial charge in [-0.1, -0.05) is 31.4 Å². The first-order chi connectivity index (χ1) is 12.0. The molecule has 1 aliphatic carbocycles. The van der Waals surface area contributed by atoms with Crippen molar-refractivity contribution in [3.63, 3.8) is 0 Å². The maximum Gasteiger partial charge on any atom is 0.193 e. The zero-order valence-corrected chi connectivity index (χ0v) is 18.3. The summed E-state index contributed by atoms with van der Waals surface area (Å²) in [7, 11) is -1.33. The molecule has 0 bridgehead atoms. The summed E-state index contributed by atoms with van der Waals surface area (Å²) < 4.78 is 24.8. The summed E-state index contributed by atoms with van der Waals surface area (Å²) in [5.74, 6) is 1.16. The van der Waals surface area contributed by atoms with Crippen molar-refractivity contribution in [3.05, 3.63) is 29.8 Å². The fourth-order valence-electron chi connectivity index (χ4n) is 4.00. The van der Waals surface area contributed by atoms with E-state index in [1.54, 1.807) is 25.2 Å². The van der Waals surface area contributed by atoms with Gasteiger partial charge in [0, 0.05) is 26.7 Å². The number of phenols is 1. The SMILES string of the molecule is CN=C(NCc1cccc(O)c1)N1CCS(=O)(=O)C2(CCCCC2)C1.I. The zero-order chi connectivity index (χ0) is 17.9. The number of aromatic hydroxyl groups is 1. The first-order valence-electron chi connectivity index (χ1n) is 8.92. The predicted molar refractivity (Wildman–Crippen MR) is 115 cm³/mol. The van der Waals surface area contributed by atoms with Gasteiger partial charge >= 0.3 is 0 Å². The van der Waals surface area contributed by atoms with E-state index in [1.807, 2.05) is 6.07 Å². The molecule has 6 nitrogen and oxygen atoms in total. The molecule has 2 N–H and O–H groups in total. The van der Waals surface area contributed by atoms with Crippen LogP contribution in [-0.4, -0.2) is 55.0 Å². The van der Waals surface area contributed by atoms with Crippen LogP contribution in [0.4, 0.5) is 0 Å². The van der Waals surface area contributed by atoms with Crippen LogP contribution in [0.15, 0.2) is 29.3 Å². The van der Waals surface area contributed by atoms with Crippen molar-refractivity contribution >= 4 is 39.8 Å². The minimum atomic E-state index is -3.05. The number of hydrogen-bond acceptors (Lipinski definition) is 4. The lowest BCUT2D eigenvalue weighted by atomic mass is 9.87. The van der Waals surface area contributed by atoms with Gasteiger partial charge in [-0.3, -0.25) is 4.99 Å². The molecular formula is C18H28IN3O3S. The van der Waals surface area contributed by atoms with E-state index in [-0.39, 0.29) is 35.5 Å². The van der Waals surface area contributed by atoms with Gasteiger partial charge < -0.3 is 15.3 Å². The molecule has 8 heteroatoms. The Bertz CT molecular complexity index is 746. The average Bonchev–Trinajstić information content (AvgIpc) is 2.60. The van der Waals surface area contributed by atoms with Crippen LogP contribution in [0.2, 0.25) is 0 Å². The third-order valence-corrected chi connectivity index (χ3v) is 7.98. The van der Waals surface area contributed by atoms with Crippen molar-refractivity contribution in [1.82, 2.24) is 10.2 Å². The monoisotopic (exact) mass is 493 g/mol. The summed E-state index contributed by atoms with van der Waals surface area (Å²) in [5.41, 5.74) is 0.957. The van der Waals surface area contributed by atoms with Gasteiger partial charge in [0.25, 0.3) is 0 Å². The Kier molecular flexibility index (Phi) is 7.18. The number of guanidine groups is 1. The number of halogens is 1. The number of hydrogen-bond donors (Lipinski definition) is 2. The lowest BCUT2D eigenvalue weighted by Gasteiger charge is -2.45. The second-order valence-corrected chi connectivity index (χ2v) is 9.56. The number of benzene rings is 1. The van der Waals surface area contributed by atoms with Crippen LogP contribution in [0.5, 0.6) is 5.75 Å². The topological polar surface area (TPSA) is 82.0 Å². The smallest absolute Gasteiger partial charge is 0.193 e. The van der Waals surface area contributed by atoms with Crippen molar-refractivity contribution in [2.45, 2.75) is 43.4 Å². The third kappa shape index (κ3) is 4.44. The van der Waals surface area contributed by atoms with Gasteiger partial charge in [0.05, 0.1) is 10.5 Å². The van der Waals surface area contributed by atoms with E-state index in [0.29, 0.717) is 19.6 Å². The zero-order valence-electron chi connectivity index (χ0n) is 15.1. The molecule has 0 aromatic heterocycles. The summed E-state index contributed by atoms with van der Waals surface area (Å²) in [6.07, 6.45) is 4.62. The largest absolute Gasteiger partial charge is 0.508 e. The molecule has 1 aromatic rings. The van der Waals surface area contributed by atoms with Gasteiger partial charge in [-0.2, -0.15) is 0 Å². The molecule has 1 saturated heterocycles. The number of rotatable bonds is 2.